The third-order valence-corrected chi connectivity index (χ3v) is 11.3. The Bertz CT molecular complexity index is 1350. The van der Waals surface area contributed by atoms with Crippen LogP contribution < -0.4 is 11.5 Å². The van der Waals surface area contributed by atoms with Gasteiger partial charge in [0.15, 0.2) is 29.6 Å². The van der Waals surface area contributed by atoms with Gasteiger partial charge in [0.2, 0.25) is 5.60 Å². The summed E-state index contributed by atoms with van der Waals surface area (Å²) in [6.45, 7) is 4.35. The van der Waals surface area contributed by atoms with E-state index in [1.54, 1.807) is 0 Å². The highest BCUT2D eigenvalue weighted by Gasteiger charge is 2.64. The molecule has 0 aliphatic carbocycles. The predicted octanol–water partition coefficient (Wildman–Crippen LogP) is 4.94. The second kappa shape index (κ2) is 21.5. The molecule has 0 saturated carbocycles. The van der Waals surface area contributed by atoms with Crippen molar-refractivity contribution in [3.8, 4) is 0 Å². The topological polar surface area (TPSA) is 195 Å². The molecule has 0 radical (unpaired) electrons. The average Bonchev–Trinajstić information content (AvgIpc) is 3.65. The molecule has 2 aromatic heterocycles. The molecule has 13 nitrogen and oxygen atoms in total. The number of rotatable bonds is 25. The molecule has 3 heterocycles. The van der Waals surface area contributed by atoms with E-state index in [1.807, 2.05) is 6.26 Å². The maximum atomic E-state index is 14.3. The van der Waals surface area contributed by atoms with Crippen LogP contribution in [0.5, 0.6) is 0 Å². The Balaban J connectivity index is 1.88. The van der Waals surface area contributed by atoms with E-state index in [9.17, 15) is 19.5 Å². The first kappa shape index (κ1) is 41.6. The van der Waals surface area contributed by atoms with Crippen LogP contribution in [0.3, 0.4) is 0 Å². The van der Waals surface area contributed by atoms with Gasteiger partial charge in [-0.25, -0.2) is 15.0 Å². The minimum atomic E-state index is -2.22. The molecule has 1 aliphatic heterocycles. The number of carbonyl (C=O) groups excluding carboxylic acids is 3. The van der Waals surface area contributed by atoms with Gasteiger partial charge in [-0.2, -0.15) is 0 Å². The van der Waals surface area contributed by atoms with E-state index in [2.05, 4.69) is 28.8 Å². The second-order valence-electron chi connectivity index (χ2n) is 13.6. The van der Waals surface area contributed by atoms with Gasteiger partial charge in [-0.1, -0.05) is 90.9 Å². The Morgan fingerprint density at radius 3 is 2.18 bits per heavy atom. The summed E-state index contributed by atoms with van der Waals surface area (Å²) in [5.41, 5.74) is 10.5. The van der Waals surface area contributed by atoms with Crippen molar-refractivity contribution in [1.82, 2.24) is 19.5 Å². The molecule has 1 unspecified atom stereocenters. The number of imidazole rings is 1. The maximum Gasteiger partial charge on any atom is 0.322 e. The summed E-state index contributed by atoms with van der Waals surface area (Å²) in [5.74, 6) is -0.352. The first-order valence-electron chi connectivity index (χ1n) is 18.5. The Morgan fingerprint density at radius 1 is 0.960 bits per heavy atom. The van der Waals surface area contributed by atoms with Crippen LogP contribution in [0, 0.1) is 0 Å². The lowest BCUT2D eigenvalue weighted by atomic mass is 9.86. The van der Waals surface area contributed by atoms with Crippen LogP contribution in [0.1, 0.15) is 129 Å². The summed E-state index contributed by atoms with van der Waals surface area (Å²) >= 11 is 0. The van der Waals surface area contributed by atoms with Crippen LogP contribution in [0.2, 0.25) is 0 Å². The molecule has 0 amide bonds. The monoisotopic (exact) mass is 721 g/mol. The number of esters is 2. The molecule has 14 heteroatoms. The summed E-state index contributed by atoms with van der Waals surface area (Å²) in [5, 5.41) is 12.6. The number of anilines is 1. The van der Waals surface area contributed by atoms with Crippen LogP contribution in [0.25, 0.3) is 11.2 Å². The van der Waals surface area contributed by atoms with Crippen LogP contribution in [-0.4, -0.2) is 91.1 Å². The standard InChI is InChI=1S/C36H61N6O7S/c1-5-7-9-11-13-15-17-19-28(43)36(46)31(49-29(44)20-18-16-14-12-10-8-6-2)27(23-50(4)22-21-26(37)34(45)47-3)48-35(36)42-25-41-30-32(38)39-24-40-33(30)42/h24-27,31,35,46H,5-23,37H2,1-4H3,(H2,38,39,40)/q+1/t26-,27+,31+,35+,36+,50?/m0/s1. The summed E-state index contributed by atoms with van der Waals surface area (Å²) in [7, 11) is 0.907. The molecule has 1 fully saturated rings. The number of nitrogen functional groups attached to an aromatic ring is 1. The number of ether oxygens (including phenoxy) is 3. The molecule has 2 aromatic rings. The molecule has 0 spiro atoms. The van der Waals surface area contributed by atoms with Crippen LogP contribution >= 0.6 is 0 Å². The number of hydrogen-bond acceptors (Lipinski definition) is 12. The highest BCUT2D eigenvalue weighted by Crippen LogP contribution is 2.44. The summed E-state index contributed by atoms with van der Waals surface area (Å²) < 4.78 is 18.9. The van der Waals surface area contributed by atoms with Gasteiger partial charge in [0.05, 0.1) is 19.7 Å². The number of aliphatic hydroxyl groups is 1. The van der Waals surface area contributed by atoms with Gasteiger partial charge in [-0.3, -0.25) is 19.0 Å². The average molecular weight is 722 g/mol. The number of Topliss-reactive ketones (excluding diaryl/α,β-unsaturated/α-hetero) is 1. The van der Waals surface area contributed by atoms with Crippen LogP contribution in [0.4, 0.5) is 5.82 Å². The summed E-state index contributed by atoms with van der Waals surface area (Å²) in [4.78, 5) is 52.3. The van der Waals surface area contributed by atoms with Gasteiger partial charge in [0, 0.05) is 19.3 Å². The Hall–Kier alpha value is -2.81. The number of fused-ring (bicyclic) bond motifs is 1. The third-order valence-electron chi connectivity index (χ3n) is 9.52. The third kappa shape index (κ3) is 11.6. The van der Waals surface area contributed by atoms with E-state index in [0.29, 0.717) is 36.3 Å². The number of carbonyl (C=O) groups is 3. The minimum absolute atomic E-state index is 0.0955. The number of nitrogens with two attached hydrogens (primary N) is 2. The van der Waals surface area contributed by atoms with Gasteiger partial charge in [0.25, 0.3) is 0 Å². The van der Waals surface area contributed by atoms with Gasteiger partial charge < -0.3 is 30.8 Å². The number of unbranched alkanes of at least 4 members (excludes halogenated alkanes) is 12. The molecule has 3 rings (SSSR count). The van der Waals surface area contributed by atoms with Crippen molar-refractivity contribution in [3.05, 3.63) is 12.7 Å². The first-order chi connectivity index (χ1) is 24.1. The maximum absolute atomic E-state index is 14.3. The molecule has 282 valence electrons. The first-order valence-corrected chi connectivity index (χ1v) is 20.5. The summed E-state index contributed by atoms with van der Waals surface area (Å²) in [6, 6.07) is -0.772. The largest absolute Gasteiger partial charge is 0.468 e. The fourth-order valence-electron chi connectivity index (χ4n) is 6.50. The molecular weight excluding hydrogens is 660 g/mol. The van der Waals surface area contributed by atoms with Crippen molar-refractivity contribution in [2.75, 3.05) is 30.6 Å². The van der Waals surface area contributed by atoms with Crippen molar-refractivity contribution < 1.29 is 33.7 Å². The van der Waals surface area contributed by atoms with Crippen molar-refractivity contribution in [2.24, 2.45) is 5.73 Å². The van der Waals surface area contributed by atoms with Crippen molar-refractivity contribution in [1.29, 1.82) is 0 Å². The van der Waals surface area contributed by atoms with Crippen molar-refractivity contribution in [2.45, 2.75) is 153 Å². The van der Waals surface area contributed by atoms with E-state index in [4.69, 9.17) is 25.7 Å². The Labute approximate surface area is 300 Å². The van der Waals surface area contributed by atoms with Crippen molar-refractivity contribution >= 4 is 45.6 Å². The number of hydrogen-bond donors (Lipinski definition) is 3. The molecule has 5 N–H and O–H groups in total. The molecule has 1 aliphatic rings. The number of nitrogens with zero attached hydrogens (tertiary/aromatic N) is 4. The van der Waals surface area contributed by atoms with Gasteiger partial charge in [-0.15, -0.1) is 0 Å². The number of ketones is 1. The lowest BCUT2D eigenvalue weighted by Gasteiger charge is -2.32. The molecule has 50 heavy (non-hydrogen) atoms. The van der Waals surface area contributed by atoms with E-state index >= 15 is 0 Å². The highest BCUT2D eigenvalue weighted by atomic mass is 32.2. The zero-order valence-electron chi connectivity index (χ0n) is 30.6. The van der Waals surface area contributed by atoms with E-state index in [0.717, 1.165) is 51.4 Å². The summed E-state index contributed by atoms with van der Waals surface area (Å²) in [6.07, 6.45) is 16.3. The molecular formula is C36H61N6O7S+. The molecule has 6 atom stereocenters. The van der Waals surface area contributed by atoms with E-state index in [-0.39, 0.29) is 24.3 Å². The molecule has 1 saturated heterocycles. The number of aromatic nitrogens is 4. The van der Waals surface area contributed by atoms with E-state index in [1.165, 1.54) is 50.0 Å². The predicted molar refractivity (Wildman–Crippen MR) is 196 cm³/mol. The number of methoxy groups -OCH3 is 1. The fourth-order valence-corrected chi connectivity index (χ4v) is 8.14. The van der Waals surface area contributed by atoms with Gasteiger partial charge in [-0.05, 0) is 23.7 Å². The Kier molecular flexibility index (Phi) is 17.9. The van der Waals surface area contributed by atoms with Gasteiger partial charge >= 0.3 is 11.9 Å². The quantitative estimate of drug-likeness (QED) is 0.0711. The highest BCUT2D eigenvalue weighted by molar-refractivity contribution is 7.96. The lowest BCUT2D eigenvalue weighted by molar-refractivity contribution is -0.173. The fraction of sp³-hybridized carbons (Fsp3) is 0.778. The molecule has 0 bridgehead atoms. The Morgan fingerprint density at radius 2 is 1.56 bits per heavy atom. The smallest absolute Gasteiger partial charge is 0.322 e. The normalized spacial score (nSPS) is 21.7. The minimum Gasteiger partial charge on any atom is -0.468 e. The van der Waals surface area contributed by atoms with Crippen molar-refractivity contribution in [3.63, 3.8) is 0 Å². The zero-order chi connectivity index (χ0) is 36.5. The molecule has 0 aromatic carbocycles. The zero-order valence-corrected chi connectivity index (χ0v) is 31.5. The van der Waals surface area contributed by atoms with Crippen LogP contribution in [0.15, 0.2) is 12.7 Å². The SMILES string of the molecule is CCCCCCCCCC(=O)O[C@@H]1[C@@H](C[S+](C)CC[C@H](N)C(=O)OC)O[C@@H](n2cnc3c(N)ncnc32)[C@@]1(O)C(=O)CCCCCCCCC. The van der Waals surface area contributed by atoms with Gasteiger partial charge in [0.1, 0.15) is 35.5 Å². The van der Waals surface area contributed by atoms with Crippen LogP contribution in [-0.2, 0) is 39.5 Å². The van der Waals surface area contributed by atoms with E-state index < -0.39 is 58.7 Å². The lowest BCUT2D eigenvalue weighted by Crippen LogP contribution is -2.55. The second-order valence-corrected chi connectivity index (χ2v) is 15.9.